The minimum atomic E-state index is -0.0191. The van der Waals surface area contributed by atoms with Crippen molar-refractivity contribution in [2.45, 2.75) is 26.0 Å². The SMILES string of the molecule is CC1(C)ON1CCc1ccccc1. The number of hydrogen-bond donors (Lipinski definition) is 0. The summed E-state index contributed by atoms with van der Waals surface area (Å²) in [7, 11) is 0. The number of rotatable bonds is 3. The molecule has 0 radical (unpaired) electrons. The van der Waals surface area contributed by atoms with Crippen molar-refractivity contribution < 1.29 is 4.84 Å². The average molecular weight is 177 g/mol. The maximum atomic E-state index is 5.36. The normalized spacial score (nSPS) is 24.3. The third-order valence-corrected chi connectivity index (χ3v) is 2.35. The molecule has 0 spiro atoms. The molecule has 70 valence electrons. The van der Waals surface area contributed by atoms with Crippen molar-refractivity contribution in [1.82, 2.24) is 5.06 Å². The quantitative estimate of drug-likeness (QED) is 0.658. The zero-order valence-electron chi connectivity index (χ0n) is 8.16. The van der Waals surface area contributed by atoms with Crippen molar-refractivity contribution in [3.63, 3.8) is 0 Å². The molecular weight excluding hydrogens is 162 g/mol. The fourth-order valence-corrected chi connectivity index (χ4v) is 1.44. The molecule has 1 saturated heterocycles. The van der Waals surface area contributed by atoms with Gasteiger partial charge in [-0.15, -0.1) is 0 Å². The molecule has 1 fully saturated rings. The summed E-state index contributed by atoms with van der Waals surface area (Å²) in [5.74, 6) is 0. The van der Waals surface area contributed by atoms with E-state index in [4.69, 9.17) is 4.84 Å². The second-order valence-electron chi connectivity index (χ2n) is 3.88. The van der Waals surface area contributed by atoms with Gasteiger partial charge in [-0.25, -0.2) is 0 Å². The first-order valence-corrected chi connectivity index (χ1v) is 4.69. The molecule has 2 nitrogen and oxygen atoms in total. The zero-order valence-corrected chi connectivity index (χ0v) is 8.16. The van der Waals surface area contributed by atoms with Gasteiger partial charge >= 0.3 is 0 Å². The van der Waals surface area contributed by atoms with Gasteiger partial charge in [0.25, 0.3) is 0 Å². The fraction of sp³-hybridized carbons (Fsp3) is 0.455. The van der Waals surface area contributed by atoms with E-state index in [0.717, 1.165) is 13.0 Å². The molecular formula is C11H15NO. The van der Waals surface area contributed by atoms with E-state index < -0.39 is 0 Å². The summed E-state index contributed by atoms with van der Waals surface area (Å²) in [4.78, 5) is 5.36. The average Bonchev–Trinajstić information content (AvgIpc) is 2.73. The molecule has 0 aromatic heterocycles. The van der Waals surface area contributed by atoms with Crippen LogP contribution >= 0.6 is 0 Å². The standard InChI is InChI=1S/C11H15NO/c1-11(2)12(13-11)9-8-10-6-4-3-5-7-10/h3-7H,8-9H2,1-2H3. The van der Waals surface area contributed by atoms with E-state index in [9.17, 15) is 0 Å². The maximum absolute atomic E-state index is 5.36. The Kier molecular flexibility index (Phi) is 2.10. The van der Waals surface area contributed by atoms with E-state index in [0.29, 0.717) is 0 Å². The Bertz CT molecular complexity index is 281. The van der Waals surface area contributed by atoms with Crippen LogP contribution in [-0.4, -0.2) is 17.3 Å². The topological polar surface area (TPSA) is 15.5 Å². The van der Waals surface area contributed by atoms with Gasteiger partial charge in [0.1, 0.15) is 0 Å². The van der Waals surface area contributed by atoms with Gasteiger partial charge in [0.15, 0.2) is 5.72 Å². The lowest BCUT2D eigenvalue weighted by atomic mass is 10.1. The van der Waals surface area contributed by atoms with Crippen LogP contribution < -0.4 is 0 Å². The number of benzene rings is 1. The van der Waals surface area contributed by atoms with Crippen LogP contribution in [0, 0.1) is 0 Å². The van der Waals surface area contributed by atoms with Crippen LogP contribution in [0.1, 0.15) is 19.4 Å². The fourth-order valence-electron chi connectivity index (χ4n) is 1.44. The highest BCUT2D eigenvalue weighted by Crippen LogP contribution is 2.32. The van der Waals surface area contributed by atoms with Crippen LogP contribution in [-0.2, 0) is 11.3 Å². The molecule has 13 heavy (non-hydrogen) atoms. The van der Waals surface area contributed by atoms with Gasteiger partial charge in [-0.3, -0.25) is 4.84 Å². The molecule has 1 aliphatic rings. The van der Waals surface area contributed by atoms with Gasteiger partial charge in [0, 0.05) is 6.54 Å². The van der Waals surface area contributed by atoms with Crippen LogP contribution in [0.15, 0.2) is 30.3 Å². The van der Waals surface area contributed by atoms with Gasteiger partial charge in [0.05, 0.1) is 0 Å². The Morgan fingerprint density at radius 3 is 2.38 bits per heavy atom. The van der Waals surface area contributed by atoms with Crippen molar-refractivity contribution in [2.75, 3.05) is 6.54 Å². The lowest BCUT2D eigenvalue weighted by molar-refractivity contribution is 0.196. The summed E-state index contributed by atoms with van der Waals surface area (Å²) in [5.41, 5.74) is 1.35. The molecule has 0 amide bonds. The zero-order chi connectivity index (χ0) is 9.31. The first-order chi connectivity index (χ1) is 6.18. The Labute approximate surface area is 79.1 Å². The smallest absolute Gasteiger partial charge is 0.159 e. The van der Waals surface area contributed by atoms with Crippen molar-refractivity contribution in [2.24, 2.45) is 0 Å². The van der Waals surface area contributed by atoms with E-state index in [1.807, 2.05) is 11.1 Å². The first-order valence-electron chi connectivity index (χ1n) is 4.69. The predicted octanol–water partition coefficient (Wildman–Crippen LogP) is 2.21. The number of hydrogen-bond acceptors (Lipinski definition) is 2. The summed E-state index contributed by atoms with van der Waals surface area (Å²) < 4.78 is 0. The number of nitrogens with zero attached hydrogens (tertiary/aromatic N) is 1. The molecule has 0 saturated carbocycles. The van der Waals surface area contributed by atoms with Crippen molar-refractivity contribution in [3.8, 4) is 0 Å². The highest BCUT2D eigenvalue weighted by Gasteiger charge is 2.45. The predicted molar refractivity (Wildman–Crippen MR) is 52.0 cm³/mol. The summed E-state index contributed by atoms with van der Waals surface area (Å²) in [6.07, 6.45) is 1.06. The summed E-state index contributed by atoms with van der Waals surface area (Å²) >= 11 is 0. The molecule has 2 heteroatoms. The van der Waals surface area contributed by atoms with Crippen molar-refractivity contribution >= 4 is 0 Å². The molecule has 0 N–H and O–H groups in total. The van der Waals surface area contributed by atoms with E-state index in [1.54, 1.807) is 0 Å². The summed E-state index contributed by atoms with van der Waals surface area (Å²) in [5, 5.41) is 2.01. The third kappa shape index (κ3) is 2.08. The highest BCUT2D eigenvalue weighted by atomic mass is 16.9. The van der Waals surface area contributed by atoms with E-state index >= 15 is 0 Å². The van der Waals surface area contributed by atoms with Crippen LogP contribution in [0.4, 0.5) is 0 Å². The van der Waals surface area contributed by atoms with Gasteiger partial charge in [-0.05, 0) is 25.8 Å². The molecule has 1 heterocycles. The lowest BCUT2D eigenvalue weighted by Gasteiger charge is -2.00. The van der Waals surface area contributed by atoms with E-state index in [1.165, 1.54) is 5.56 Å². The molecule has 1 aliphatic heterocycles. The van der Waals surface area contributed by atoms with Crippen LogP contribution in [0.5, 0.6) is 0 Å². The Balaban J connectivity index is 1.82. The molecule has 1 aromatic carbocycles. The lowest BCUT2D eigenvalue weighted by Crippen LogP contribution is -2.12. The highest BCUT2D eigenvalue weighted by molar-refractivity contribution is 5.14. The molecule has 0 aliphatic carbocycles. The Hall–Kier alpha value is -0.860. The monoisotopic (exact) mass is 177 g/mol. The first kappa shape index (κ1) is 8.73. The van der Waals surface area contributed by atoms with Gasteiger partial charge in [-0.1, -0.05) is 30.3 Å². The third-order valence-electron chi connectivity index (χ3n) is 2.35. The van der Waals surface area contributed by atoms with Gasteiger partial charge in [-0.2, -0.15) is 5.06 Å². The van der Waals surface area contributed by atoms with Gasteiger partial charge in [0.2, 0.25) is 0 Å². The maximum Gasteiger partial charge on any atom is 0.159 e. The summed E-state index contributed by atoms with van der Waals surface area (Å²) in [6, 6.07) is 10.5. The van der Waals surface area contributed by atoms with Crippen LogP contribution in [0.2, 0.25) is 0 Å². The van der Waals surface area contributed by atoms with E-state index in [2.05, 4.69) is 38.1 Å². The van der Waals surface area contributed by atoms with E-state index in [-0.39, 0.29) is 5.72 Å². The van der Waals surface area contributed by atoms with Crippen molar-refractivity contribution in [3.05, 3.63) is 35.9 Å². The Morgan fingerprint density at radius 2 is 1.85 bits per heavy atom. The van der Waals surface area contributed by atoms with Crippen LogP contribution in [0.25, 0.3) is 0 Å². The largest absolute Gasteiger partial charge is 0.272 e. The van der Waals surface area contributed by atoms with Crippen LogP contribution in [0.3, 0.4) is 0 Å². The minimum Gasteiger partial charge on any atom is -0.272 e. The van der Waals surface area contributed by atoms with Crippen molar-refractivity contribution in [1.29, 1.82) is 0 Å². The minimum absolute atomic E-state index is 0.0191. The number of hydroxylamine groups is 2. The second-order valence-corrected chi connectivity index (χ2v) is 3.88. The Morgan fingerprint density at radius 1 is 1.23 bits per heavy atom. The second kappa shape index (κ2) is 3.13. The molecule has 2 rings (SSSR count). The molecule has 1 unspecified atom stereocenters. The summed E-state index contributed by atoms with van der Waals surface area (Å²) in [6.45, 7) is 5.15. The molecule has 1 atom stereocenters. The molecule has 0 bridgehead atoms. The van der Waals surface area contributed by atoms with Gasteiger partial charge < -0.3 is 0 Å². The molecule has 1 aromatic rings.